The van der Waals surface area contributed by atoms with Crippen molar-refractivity contribution in [2.45, 2.75) is 12.3 Å². The lowest BCUT2D eigenvalue weighted by Crippen LogP contribution is -2.28. The van der Waals surface area contributed by atoms with Crippen molar-refractivity contribution in [3.8, 4) is 0 Å². The predicted molar refractivity (Wildman–Crippen MR) is 66.6 cm³/mol. The molecular formula is C11H17BrN2O. The molecule has 1 aromatic heterocycles. The molecule has 0 spiro atoms. The smallest absolute Gasteiger partial charge is 0.132 e. The standard InChI is InChI=1S/C11H17BrN2O/c1-3-14(7-8-15-2)11-10(9-12)5-4-6-13-11/h4-6H,3,7-9H2,1-2H3. The molecule has 84 valence electrons. The van der Waals surface area contributed by atoms with Crippen LogP contribution in [0.25, 0.3) is 0 Å². The van der Waals surface area contributed by atoms with Crippen molar-refractivity contribution in [1.29, 1.82) is 0 Å². The third kappa shape index (κ3) is 3.47. The van der Waals surface area contributed by atoms with Crippen LogP contribution in [-0.4, -0.2) is 31.8 Å². The lowest BCUT2D eigenvalue weighted by atomic mass is 10.2. The molecule has 0 aromatic carbocycles. The van der Waals surface area contributed by atoms with Gasteiger partial charge in [0, 0.05) is 37.3 Å². The zero-order valence-corrected chi connectivity index (χ0v) is 10.8. The number of ether oxygens (including phenoxy) is 1. The molecule has 0 aliphatic heterocycles. The molecule has 0 saturated carbocycles. The second-order valence-corrected chi connectivity index (χ2v) is 3.75. The lowest BCUT2D eigenvalue weighted by molar-refractivity contribution is 0.205. The fraction of sp³-hybridized carbons (Fsp3) is 0.545. The monoisotopic (exact) mass is 272 g/mol. The summed E-state index contributed by atoms with van der Waals surface area (Å²) in [5.41, 5.74) is 1.22. The molecule has 1 heterocycles. The molecule has 0 fully saturated rings. The largest absolute Gasteiger partial charge is 0.383 e. The van der Waals surface area contributed by atoms with Crippen molar-refractivity contribution < 1.29 is 4.74 Å². The molecule has 1 aromatic rings. The van der Waals surface area contributed by atoms with E-state index < -0.39 is 0 Å². The zero-order valence-electron chi connectivity index (χ0n) is 9.24. The van der Waals surface area contributed by atoms with Gasteiger partial charge in [-0.2, -0.15) is 0 Å². The summed E-state index contributed by atoms with van der Waals surface area (Å²) in [4.78, 5) is 6.64. The number of hydrogen-bond acceptors (Lipinski definition) is 3. The molecule has 0 unspecified atom stereocenters. The van der Waals surface area contributed by atoms with Crippen molar-refractivity contribution in [3.63, 3.8) is 0 Å². The van der Waals surface area contributed by atoms with E-state index in [1.165, 1.54) is 5.56 Å². The maximum atomic E-state index is 5.09. The molecule has 0 aliphatic carbocycles. The van der Waals surface area contributed by atoms with E-state index >= 15 is 0 Å². The topological polar surface area (TPSA) is 25.4 Å². The van der Waals surface area contributed by atoms with E-state index in [4.69, 9.17) is 4.74 Å². The summed E-state index contributed by atoms with van der Waals surface area (Å²) in [6.07, 6.45) is 1.83. The number of halogens is 1. The van der Waals surface area contributed by atoms with Crippen LogP contribution in [-0.2, 0) is 10.1 Å². The van der Waals surface area contributed by atoms with Crippen molar-refractivity contribution in [1.82, 2.24) is 4.98 Å². The second kappa shape index (κ2) is 6.80. The predicted octanol–water partition coefficient (Wildman–Crippen LogP) is 2.45. The first-order valence-corrected chi connectivity index (χ1v) is 6.19. The van der Waals surface area contributed by atoms with Crippen molar-refractivity contribution in [2.24, 2.45) is 0 Å². The van der Waals surface area contributed by atoms with Gasteiger partial charge in [-0.25, -0.2) is 4.98 Å². The highest BCUT2D eigenvalue weighted by Gasteiger charge is 2.09. The summed E-state index contributed by atoms with van der Waals surface area (Å²) in [5, 5.41) is 0.833. The Balaban J connectivity index is 2.80. The van der Waals surface area contributed by atoms with E-state index in [1.54, 1.807) is 7.11 Å². The molecule has 4 heteroatoms. The third-order valence-corrected chi connectivity index (χ3v) is 2.86. The number of methoxy groups -OCH3 is 1. The highest BCUT2D eigenvalue weighted by atomic mass is 79.9. The quantitative estimate of drug-likeness (QED) is 0.744. The average molecular weight is 273 g/mol. The van der Waals surface area contributed by atoms with Crippen LogP contribution in [0, 0.1) is 0 Å². The summed E-state index contributed by atoms with van der Waals surface area (Å²) in [5.74, 6) is 1.05. The van der Waals surface area contributed by atoms with Crippen LogP contribution in [0.2, 0.25) is 0 Å². The summed E-state index contributed by atoms with van der Waals surface area (Å²) >= 11 is 3.48. The van der Waals surface area contributed by atoms with Crippen LogP contribution in [0.3, 0.4) is 0 Å². The molecule has 1 rings (SSSR count). The Morgan fingerprint density at radius 1 is 1.53 bits per heavy atom. The van der Waals surface area contributed by atoms with Gasteiger partial charge in [-0.05, 0) is 13.0 Å². The number of pyridine rings is 1. The SMILES string of the molecule is CCN(CCOC)c1ncccc1CBr. The van der Waals surface area contributed by atoms with E-state index in [1.807, 2.05) is 12.3 Å². The molecule has 0 radical (unpaired) electrons. The molecule has 3 nitrogen and oxygen atoms in total. The minimum absolute atomic E-state index is 0.728. The number of hydrogen-bond donors (Lipinski definition) is 0. The first-order chi connectivity index (χ1) is 7.33. The van der Waals surface area contributed by atoms with E-state index in [9.17, 15) is 0 Å². The van der Waals surface area contributed by atoms with Gasteiger partial charge in [0.2, 0.25) is 0 Å². The number of rotatable bonds is 6. The van der Waals surface area contributed by atoms with Gasteiger partial charge in [-0.1, -0.05) is 22.0 Å². The van der Waals surface area contributed by atoms with Gasteiger partial charge in [0.05, 0.1) is 6.61 Å². The third-order valence-electron chi connectivity index (χ3n) is 2.26. The summed E-state index contributed by atoms with van der Waals surface area (Å²) in [7, 11) is 1.72. The number of alkyl halides is 1. The Bertz CT molecular complexity index is 294. The summed E-state index contributed by atoms with van der Waals surface area (Å²) < 4.78 is 5.09. The van der Waals surface area contributed by atoms with Crippen LogP contribution < -0.4 is 4.90 Å². The lowest BCUT2D eigenvalue weighted by Gasteiger charge is -2.23. The molecular weight excluding hydrogens is 256 g/mol. The number of anilines is 1. The van der Waals surface area contributed by atoms with Crippen LogP contribution in [0.5, 0.6) is 0 Å². The van der Waals surface area contributed by atoms with Gasteiger partial charge in [0.1, 0.15) is 5.82 Å². The van der Waals surface area contributed by atoms with E-state index in [-0.39, 0.29) is 0 Å². The summed E-state index contributed by atoms with van der Waals surface area (Å²) in [6.45, 7) is 4.68. The maximum Gasteiger partial charge on any atom is 0.132 e. The van der Waals surface area contributed by atoms with E-state index in [0.29, 0.717) is 0 Å². The van der Waals surface area contributed by atoms with Crippen LogP contribution in [0.15, 0.2) is 18.3 Å². The Labute approximate surface area is 99.6 Å². The Hall–Kier alpha value is -0.610. The highest BCUT2D eigenvalue weighted by molar-refractivity contribution is 9.08. The summed E-state index contributed by atoms with van der Waals surface area (Å²) in [6, 6.07) is 4.05. The maximum absolute atomic E-state index is 5.09. The number of nitrogens with zero attached hydrogens (tertiary/aromatic N) is 2. The Morgan fingerprint density at radius 3 is 2.93 bits per heavy atom. The zero-order chi connectivity index (χ0) is 11.1. The van der Waals surface area contributed by atoms with Gasteiger partial charge >= 0.3 is 0 Å². The molecule has 0 atom stereocenters. The van der Waals surface area contributed by atoms with Gasteiger partial charge in [-0.15, -0.1) is 0 Å². The van der Waals surface area contributed by atoms with Crippen molar-refractivity contribution >= 4 is 21.7 Å². The fourth-order valence-electron chi connectivity index (χ4n) is 1.43. The molecule has 0 saturated heterocycles. The number of likely N-dealkylation sites (N-methyl/N-ethyl adjacent to an activating group) is 1. The Kier molecular flexibility index (Phi) is 5.65. The molecule has 0 bridgehead atoms. The van der Waals surface area contributed by atoms with Crippen LogP contribution in [0.1, 0.15) is 12.5 Å². The van der Waals surface area contributed by atoms with Gasteiger partial charge in [0.15, 0.2) is 0 Å². The normalized spacial score (nSPS) is 10.3. The van der Waals surface area contributed by atoms with Crippen molar-refractivity contribution in [3.05, 3.63) is 23.9 Å². The first-order valence-electron chi connectivity index (χ1n) is 5.07. The molecule has 0 amide bonds. The van der Waals surface area contributed by atoms with Gasteiger partial charge in [0.25, 0.3) is 0 Å². The molecule has 0 N–H and O–H groups in total. The fourth-order valence-corrected chi connectivity index (χ4v) is 1.87. The average Bonchev–Trinajstić information content (AvgIpc) is 2.30. The highest BCUT2D eigenvalue weighted by Crippen LogP contribution is 2.19. The van der Waals surface area contributed by atoms with Crippen LogP contribution in [0.4, 0.5) is 5.82 Å². The van der Waals surface area contributed by atoms with E-state index in [2.05, 4.69) is 38.8 Å². The van der Waals surface area contributed by atoms with Gasteiger partial charge in [-0.3, -0.25) is 0 Å². The van der Waals surface area contributed by atoms with Crippen LogP contribution >= 0.6 is 15.9 Å². The second-order valence-electron chi connectivity index (χ2n) is 3.19. The minimum atomic E-state index is 0.728. The molecule has 0 aliphatic rings. The van der Waals surface area contributed by atoms with E-state index in [0.717, 1.165) is 30.8 Å². The Morgan fingerprint density at radius 2 is 2.33 bits per heavy atom. The van der Waals surface area contributed by atoms with Gasteiger partial charge < -0.3 is 9.64 Å². The van der Waals surface area contributed by atoms with Crippen molar-refractivity contribution in [2.75, 3.05) is 31.7 Å². The number of aromatic nitrogens is 1. The first kappa shape index (κ1) is 12.5. The minimum Gasteiger partial charge on any atom is -0.383 e. The molecule has 15 heavy (non-hydrogen) atoms.